The van der Waals surface area contributed by atoms with Crippen molar-refractivity contribution in [3.63, 3.8) is 0 Å². The molecule has 3 rings (SSSR count). The Balaban J connectivity index is 0.000000232. The monoisotopic (exact) mass is 349 g/mol. The van der Waals surface area contributed by atoms with Gasteiger partial charge in [-0.3, -0.25) is 0 Å². The number of carbonyl (C=O) groups is 2. The molecule has 1 aliphatic heterocycles. The topological polar surface area (TPSA) is 37.4 Å². The summed E-state index contributed by atoms with van der Waals surface area (Å²) >= 11 is 0. The van der Waals surface area contributed by atoms with Crippen LogP contribution in [-0.4, -0.2) is 19.1 Å². The molecule has 0 unspecified atom stereocenters. The fraction of sp³-hybridized carbons (Fsp3) is 0.304. The Hall–Kier alpha value is -2.68. The zero-order chi connectivity index (χ0) is 18.8. The highest BCUT2D eigenvalue weighted by Gasteiger charge is 2.10. The molecule has 0 saturated heterocycles. The number of anilines is 1. The Kier molecular flexibility index (Phi) is 7.81. The van der Waals surface area contributed by atoms with Crippen molar-refractivity contribution >= 4 is 29.9 Å². The molecule has 3 heteroatoms. The summed E-state index contributed by atoms with van der Waals surface area (Å²) in [5, 5.41) is 0. The van der Waals surface area contributed by atoms with E-state index in [2.05, 4.69) is 72.6 Å². The zero-order valence-electron chi connectivity index (χ0n) is 15.7. The first-order chi connectivity index (χ1) is 12.6. The zero-order valence-corrected chi connectivity index (χ0v) is 15.7. The van der Waals surface area contributed by atoms with E-state index in [4.69, 9.17) is 0 Å². The molecule has 1 aliphatic rings. The number of hydrogen-bond acceptors (Lipinski definition) is 3. The lowest BCUT2D eigenvalue weighted by molar-refractivity contribution is -0.117. The molecule has 0 radical (unpaired) electrons. The maximum atomic E-state index is 10.3. The lowest BCUT2D eigenvalue weighted by atomic mass is 10.0. The largest absolute Gasteiger partial charge is 0.370 e. The molecule has 1 heterocycles. The van der Waals surface area contributed by atoms with E-state index < -0.39 is 0 Å². The van der Waals surface area contributed by atoms with Gasteiger partial charge in [0.25, 0.3) is 0 Å². The Labute approximate surface area is 156 Å². The predicted octanol–water partition coefficient (Wildman–Crippen LogP) is 5.14. The number of carbonyl (C=O) groups excluding carboxylic acids is 2. The molecule has 0 bridgehead atoms. The van der Waals surface area contributed by atoms with Gasteiger partial charge >= 0.3 is 0 Å². The van der Waals surface area contributed by atoms with Crippen LogP contribution in [-0.2, 0) is 16.1 Å². The van der Waals surface area contributed by atoms with Gasteiger partial charge in [-0.25, -0.2) is 0 Å². The molecule has 26 heavy (non-hydrogen) atoms. The van der Waals surface area contributed by atoms with E-state index in [1.165, 1.54) is 22.4 Å². The standard InChI is InChI=1S/C16H15N.C7H12O2/c1-17-12-15-8-3-2-6-13(15)10-11-14-7-4-5-9-16(14)17;1-7(9)5-3-2-4-6-8/h2-11H,12H2,1H3;6H,2-5H2,1H3/b11-10-;. The first-order valence-corrected chi connectivity index (χ1v) is 9.11. The highest BCUT2D eigenvalue weighted by atomic mass is 16.1. The summed E-state index contributed by atoms with van der Waals surface area (Å²) in [6, 6.07) is 17.1. The second kappa shape index (κ2) is 10.3. The van der Waals surface area contributed by atoms with Gasteiger partial charge in [-0.15, -0.1) is 0 Å². The Morgan fingerprint density at radius 2 is 1.65 bits per heavy atom. The summed E-state index contributed by atoms with van der Waals surface area (Å²) in [5.41, 5.74) is 5.26. The second-order valence-electron chi connectivity index (χ2n) is 6.56. The predicted molar refractivity (Wildman–Crippen MR) is 109 cm³/mol. The number of fused-ring (bicyclic) bond motifs is 2. The lowest BCUT2D eigenvalue weighted by Crippen LogP contribution is -2.18. The third kappa shape index (κ3) is 5.99. The highest BCUT2D eigenvalue weighted by molar-refractivity contribution is 5.79. The van der Waals surface area contributed by atoms with Crippen molar-refractivity contribution in [2.24, 2.45) is 0 Å². The average Bonchev–Trinajstić information content (AvgIpc) is 2.64. The van der Waals surface area contributed by atoms with Gasteiger partial charge in [-0.1, -0.05) is 54.6 Å². The molecule has 0 aromatic heterocycles. The number of aldehydes is 1. The van der Waals surface area contributed by atoms with Gasteiger partial charge in [0.1, 0.15) is 12.1 Å². The van der Waals surface area contributed by atoms with Crippen molar-refractivity contribution in [1.82, 2.24) is 0 Å². The maximum Gasteiger partial charge on any atom is 0.129 e. The Morgan fingerprint density at radius 1 is 1.00 bits per heavy atom. The van der Waals surface area contributed by atoms with Crippen LogP contribution in [0.15, 0.2) is 48.5 Å². The maximum absolute atomic E-state index is 10.3. The molecule has 0 aliphatic carbocycles. The van der Waals surface area contributed by atoms with Crippen LogP contribution >= 0.6 is 0 Å². The lowest BCUT2D eigenvalue weighted by Gasteiger charge is -2.24. The van der Waals surface area contributed by atoms with Crippen LogP contribution in [0, 0.1) is 0 Å². The van der Waals surface area contributed by atoms with E-state index in [0.29, 0.717) is 12.8 Å². The van der Waals surface area contributed by atoms with Gasteiger partial charge in [0.15, 0.2) is 0 Å². The number of nitrogens with zero attached hydrogens (tertiary/aromatic N) is 1. The Bertz CT molecular complexity index is 764. The van der Waals surface area contributed by atoms with E-state index >= 15 is 0 Å². The summed E-state index contributed by atoms with van der Waals surface area (Å²) in [7, 11) is 2.15. The van der Waals surface area contributed by atoms with Crippen molar-refractivity contribution in [2.45, 2.75) is 39.2 Å². The van der Waals surface area contributed by atoms with Crippen LogP contribution in [0.3, 0.4) is 0 Å². The molecule has 0 fully saturated rings. The molecule has 0 spiro atoms. The van der Waals surface area contributed by atoms with E-state index in [-0.39, 0.29) is 5.78 Å². The summed E-state index contributed by atoms with van der Waals surface area (Å²) in [5.74, 6) is 0.209. The molecule has 0 atom stereocenters. The smallest absolute Gasteiger partial charge is 0.129 e. The molecule has 0 amide bonds. The van der Waals surface area contributed by atoms with Gasteiger partial charge in [-0.05, 0) is 42.5 Å². The number of hydrogen-bond donors (Lipinski definition) is 0. The second-order valence-corrected chi connectivity index (χ2v) is 6.56. The fourth-order valence-electron chi connectivity index (χ4n) is 2.94. The SMILES string of the molecule is CC(=O)CCCCC=O.CN1Cc2ccccc2/C=C\c2ccccc21. The van der Waals surface area contributed by atoms with Crippen LogP contribution < -0.4 is 4.90 Å². The van der Waals surface area contributed by atoms with Crippen LogP contribution in [0.2, 0.25) is 0 Å². The van der Waals surface area contributed by atoms with Crippen LogP contribution in [0.4, 0.5) is 5.69 Å². The van der Waals surface area contributed by atoms with E-state index in [1.807, 2.05) is 0 Å². The molecule has 2 aromatic carbocycles. The highest BCUT2D eigenvalue weighted by Crippen LogP contribution is 2.27. The van der Waals surface area contributed by atoms with Crippen molar-refractivity contribution in [2.75, 3.05) is 11.9 Å². The number of ketones is 1. The molecule has 136 valence electrons. The number of benzene rings is 2. The van der Waals surface area contributed by atoms with Crippen molar-refractivity contribution in [3.05, 3.63) is 65.2 Å². The molecule has 0 N–H and O–H groups in total. The van der Waals surface area contributed by atoms with Crippen LogP contribution in [0.25, 0.3) is 12.2 Å². The molecule has 2 aromatic rings. The number of rotatable bonds is 5. The molecular weight excluding hydrogens is 322 g/mol. The first-order valence-electron chi connectivity index (χ1n) is 9.11. The third-order valence-corrected chi connectivity index (χ3v) is 4.35. The summed E-state index contributed by atoms with van der Waals surface area (Å²) in [4.78, 5) is 22.4. The normalized spacial score (nSPS) is 13.2. The van der Waals surface area contributed by atoms with Crippen molar-refractivity contribution in [3.8, 4) is 0 Å². The van der Waals surface area contributed by atoms with Crippen LogP contribution in [0.1, 0.15) is 49.3 Å². The number of Topliss-reactive ketones (excluding diaryl/α,β-unsaturated/α-hetero) is 1. The summed E-state index contributed by atoms with van der Waals surface area (Å²) < 4.78 is 0. The average molecular weight is 349 g/mol. The van der Waals surface area contributed by atoms with Gasteiger partial charge in [0.05, 0.1) is 0 Å². The summed E-state index contributed by atoms with van der Waals surface area (Å²) in [6.07, 6.45) is 8.21. The first kappa shape index (κ1) is 19.6. The van der Waals surface area contributed by atoms with Gasteiger partial charge in [0, 0.05) is 32.1 Å². The summed E-state index contributed by atoms with van der Waals surface area (Å²) in [6.45, 7) is 2.53. The minimum Gasteiger partial charge on any atom is -0.370 e. The van der Waals surface area contributed by atoms with Gasteiger partial charge in [-0.2, -0.15) is 0 Å². The third-order valence-electron chi connectivity index (χ3n) is 4.35. The quantitative estimate of drug-likeness (QED) is 0.554. The van der Waals surface area contributed by atoms with Crippen molar-refractivity contribution < 1.29 is 9.59 Å². The minimum absolute atomic E-state index is 0.209. The van der Waals surface area contributed by atoms with Gasteiger partial charge in [0.2, 0.25) is 0 Å². The van der Waals surface area contributed by atoms with Gasteiger partial charge < -0.3 is 14.5 Å². The van der Waals surface area contributed by atoms with E-state index in [9.17, 15) is 9.59 Å². The Morgan fingerprint density at radius 3 is 2.38 bits per heavy atom. The van der Waals surface area contributed by atoms with Crippen molar-refractivity contribution in [1.29, 1.82) is 0 Å². The van der Waals surface area contributed by atoms with E-state index in [0.717, 1.165) is 25.7 Å². The van der Waals surface area contributed by atoms with Crippen LogP contribution in [0.5, 0.6) is 0 Å². The minimum atomic E-state index is 0.209. The fourth-order valence-corrected chi connectivity index (χ4v) is 2.94. The number of unbranched alkanes of at least 4 members (excludes halogenated alkanes) is 2. The molecular formula is C23H27NO2. The number of para-hydroxylation sites is 1. The molecule has 0 saturated carbocycles. The van der Waals surface area contributed by atoms with E-state index in [1.54, 1.807) is 6.92 Å². The molecule has 3 nitrogen and oxygen atoms in total.